The normalized spacial score (nSPS) is 18.7. The van der Waals surface area contributed by atoms with E-state index in [1.54, 1.807) is 41.4 Å². The fourth-order valence-corrected chi connectivity index (χ4v) is 4.47. The molecule has 4 unspecified atom stereocenters. The molecule has 1 aromatic rings. The highest BCUT2D eigenvalue weighted by atomic mass is 16.3. The van der Waals surface area contributed by atoms with E-state index in [0.717, 1.165) is 19.1 Å². The molecule has 0 aromatic heterocycles. The van der Waals surface area contributed by atoms with Crippen LogP contribution in [-0.4, -0.2) is 77.4 Å². The van der Waals surface area contributed by atoms with Crippen molar-refractivity contribution in [3.63, 3.8) is 0 Å². The maximum absolute atomic E-state index is 13.5. The van der Waals surface area contributed by atoms with E-state index in [-0.39, 0.29) is 49.2 Å². The predicted octanol–water partition coefficient (Wildman–Crippen LogP) is 0.813. The van der Waals surface area contributed by atoms with Gasteiger partial charge in [-0.05, 0) is 44.3 Å². The van der Waals surface area contributed by atoms with Crippen molar-refractivity contribution >= 4 is 17.9 Å². The SMILES string of the molecule is CC(CO)CC(CO)C1CC=CN1C(C(=O)CNN[C@@H](C=O)CCCCN)C(=O)c1ccccc1. The lowest BCUT2D eigenvalue weighted by atomic mass is 9.87. The largest absolute Gasteiger partial charge is 0.396 e. The lowest BCUT2D eigenvalue weighted by Gasteiger charge is -2.37. The minimum Gasteiger partial charge on any atom is -0.396 e. The second-order valence-electron chi connectivity index (χ2n) is 9.23. The molecule has 1 heterocycles. The average Bonchev–Trinajstić information content (AvgIpc) is 3.35. The molecule has 0 spiro atoms. The molecule has 6 N–H and O–H groups in total. The number of hydrazine groups is 1. The van der Waals surface area contributed by atoms with E-state index in [4.69, 9.17) is 5.73 Å². The van der Waals surface area contributed by atoms with Crippen LogP contribution >= 0.6 is 0 Å². The number of ketones is 2. The van der Waals surface area contributed by atoms with Gasteiger partial charge in [-0.3, -0.25) is 9.59 Å². The number of hydrogen-bond donors (Lipinski definition) is 5. The van der Waals surface area contributed by atoms with Crippen LogP contribution in [0.1, 0.15) is 49.4 Å². The number of carbonyl (C=O) groups excluding carboxylic acids is 3. The highest BCUT2D eigenvalue weighted by Crippen LogP contribution is 2.30. The predicted molar refractivity (Wildman–Crippen MR) is 134 cm³/mol. The summed E-state index contributed by atoms with van der Waals surface area (Å²) in [4.78, 5) is 40.0. The van der Waals surface area contributed by atoms with Gasteiger partial charge in [0.1, 0.15) is 6.29 Å². The van der Waals surface area contributed by atoms with Gasteiger partial charge < -0.3 is 25.6 Å². The Hall–Kier alpha value is -2.43. The maximum Gasteiger partial charge on any atom is 0.192 e. The van der Waals surface area contributed by atoms with Crippen LogP contribution in [0.3, 0.4) is 0 Å². The van der Waals surface area contributed by atoms with Crippen molar-refractivity contribution in [1.82, 2.24) is 15.8 Å². The zero-order valence-corrected chi connectivity index (χ0v) is 20.5. The third-order valence-corrected chi connectivity index (χ3v) is 6.43. The number of aliphatic hydroxyl groups is 2. The topological polar surface area (TPSA) is 145 Å². The van der Waals surface area contributed by atoms with Crippen LogP contribution in [-0.2, 0) is 9.59 Å². The molecule has 0 aliphatic carbocycles. The number of rotatable bonds is 18. The van der Waals surface area contributed by atoms with E-state index < -0.39 is 12.1 Å². The smallest absolute Gasteiger partial charge is 0.192 e. The van der Waals surface area contributed by atoms with Gasteiger partial charge in [0.25, 0.3) is 0 Å². The summed E-state index contributed by atoms with van der Waals surface area (Å²) in [6, 6.07) is 6.88. The lowest BCUT2D eigenvalue weighted by molar-refractivity contribution is -0.122. The Balaban J connectivity index is 2.18. The van der Waals surface area contributed by atoms with Crippen LogP contribution in [0.4, 0.5) is 0 Å². The quantitative estimate of drug-likeness (QED) is 0.0666. The van der Waals surface area contributed by atoms with Crippen LogP contribution in [0, 0.1) is 11.8 Å². The van der Waals surface area contributed by atoms with Crippen molar-refractivity contribution in [2.24, 2.45) is 17.6 Å². The fourth-order valence-electron chi connectivity index (χ4n) is 4.47. The number of nitrogens with two attached hydrogens (primary N) is 1. The molecule has 0 fully saturated rings. The number of aldehydes is 1. The van der Waals surface area contributed by atoms with Crippen LogP contribution in [0.2, 0.25) is 0 Å². The molecule has 1 aliphatic heterocycles. The fraction of sp³-hybridized carbons (Fsp3) is 0.577. The van der Waals surface area contributed by atoms with E-state index >= 15 is 0 Å². The Bertz CT molecular complexity index is 819. The molecule has 9 heteroatoms. The summed E-state index contributed by atoms with van der Waals surface area (Å²) in [5, 5.41) is 19.6. The first-order valence-electron chi connectivity index (χ1n) is 12.4. The van der Waals surface area contributed by atoms with Crippen LogP contribution in [0.25, 0.3) is 0 Å². The number of aliphatic hydroxyl groups excluding tert-OH is 2. The summed E-state index contributed by atoms with van der Waals surface area (Å²) < 4.78 is 0. The molecular formula is C26H40N4O5. The molecule has 9 nitrogen and oxygen atoms in total. The number of carbonyl (C=O) groups is 3. The molecule has 0 saturated carbocycles. The summed E-state index contributed by atoms with van der Waals surface area (Å²) in [6.07, 6.45) is 7.79. The molecule has 5 atom stereocenters. The number of unbranched alkanes of at least 4 members (excludes halogenated alkanes) is 1. The zero-order valence-electron chi connectivity index (χ0n) is 20.5. The Morgan fingerprint density at radius 3 is 2.57 bits per heavy atom. The van der Waals surface area contributed by atoms with Crippen molar-refractivity contribution in [1.29, 1.82) is 0 Å². The first-order valence-corrected chi connectivity index (χ1v) is 12.4. The summed E-state index contributed by atoms with van der Waals surface area (Å²) in [5.74, 6) is -0.893. The van der Waals surface area contributed by atoms with Gasteiger partial charge in [-0.2, -0.15) is 0 Å². The maximum atomic E-state index is 13.5. The second kappa shape index (κ2) is 15.5. The van der Waals surface area contributed by atoms with E-state index in [0.29, 0.717) is 31.4 Å². The number of hydrogen-bond acceptors (Lipinski definition) is 9. The lowest BCUT2D eigenvalue weighted by Crippen LogP contribution is -2.54. The van der Waals surface area contributed by atoms with Gasteiger partial charge in [-0.25, -0.2) is 10.9 Å². The van der Waals surface area contributed by atoms with Crippen molar-refractivity contribution in [3.05, 3.63) is 48.2 Å². The van der Waals surface area contributed by atoms with Crippen LogP contribution in [0.15, 0.2) is 42.6 Å². The van der Waals surface area contributed by atoms with E-state index in [1.165, 1.54) is 0 Å². The molecule has 194 valence electrons. The minimum absolute atomic E-state index is 0.000716. The monoisotopic (exact) mass is 488 g/mol. The summed E-state index contributed by atoms with van der Waals surface area (Å²) in [7, 11) is 0. The second-order valence-corrected chi connectivity index (χ2v) is 9.23. The highest BCUT2D eigenvalue weighted by Gasteiger charge is 2.39. The summed E-state index contributed by atoms with van der Waals surface area (Å²) in [6.45, 7) is 2.19. The highest BCUT2D eigenvalue weighted by molar-refractivity contribution is 6.14. The van der Waals surface area contributed by atoms with Gasteiger partial charge in [0, 0.05) is 30.7 Å². The van der Waals surface area contributed by atoms with Crippen molar-refractivity contribution in [2.75, 3.05) is 26.3 Å². The molecule has 35 heavy (non-hydrogen) atoms. The van der Waals surface area contributed by atoms with Gasteiger partial charge in [-0.15, -0.1) is 0 Å². The molecule has 2 rings (SSSR count). The number of nitrogens with one attached hydrogen (secondary N) is 2. The Morgan fingerprint density at radius 2 is 1.94 bits per heavy atom. The molecule has 1 aliphatic rings. The Kier molecular flexibility index (Phi) is 12.8. The van der Waals surface area contributed by atoms with Gasteiger partial charge in [0.2, 0.25) is 0 Å². The molecule has 0 saturated heterocycles. The summed E-state index contributed by atoms with van der Waals surface area (Å²) in [5.41, 5.74) is 11.6. The summed E-state index contributed by atoms with van der Waals surface area (Å²) >= 11 is 0. The van der Waals surface area contributed by atoms with Gasteiger partial charge in [0.15, 0.2) is 17.6 Å². The van der Waals surface area contributed by atoms with Gasteiger partial charge in [0.05, 0.1) is 12.6 Å². The number of Topliss-reactive ketones (excluding diaryl/α,β-unsaturated/α-hetero) is 2. The van der Waals surface area contributed by atoms with Crippen LogP contribution < -0.4 is 16.6 Å². The minimum atomic E-state index is -1.08. The number of benzene rings is 1. The van der Waals surface area contributed by atoms with Gasteiger partial charge in [-0.1, -0.05) is 49.8 Å². The first kappa shape index (κ1) is 28.8. The number of nitrogens with zero attached hydrogens (tertiary/aromatic N) is 1. The molecule has 0 bridgehead atoms. The van der Waals surface area contributed by atoms with Gasteiger partial charge >= 0.3 is 0 Å². The third kappa shape index (κ3) is 8.63. The molecule has 0 radical (unpaired) electrons. The van der Waals surface area contributed by atoms with Crippen molar-refractivity contribution in [2.45, 2.75) is 57.2 Å². The van der Waals surface area contributed by atoms with E-state index in [1.807, 2.05) is 13.0 Å². The van der Waals surface area contributed by atoms with Crippen LogP contribution in [0.5, 0.6) is 0 Å². The van der Waals surface area contributed by atoms with E-state index in [9.17, 15) is 24.6 Å². The zero-order chi connectivity index (χ0) is 25.6. The van der Waals surface area contributed by atoms with Crippen molar-refractivity contribution in [3.8, 4) is 0 Å². The Labute approximate surface area is 207 Å². The molecular weight excluding hydrogens is 448 g/mol. The Morgan fingerprint density at radius 1 is 1.20 bits per heavy atom. The average molecular weight is 489 g/mol. The van der Waals surface area contributed by atoms with E-state index in [2.05, 4.69) is 10.9 Å². The third-order valence-electron chi connectivity index (χ3n) is 6.43. The van der Waals surface area contributed by atoms with Crippen molar-refractivity contribution < 1.29 is 24.6 Å². The molecule has 0 amide bonds. The first-order chi connectivity index (χ1) is 17.0. The molecule has 1 aromatic carbocycles. The standard InChI is InChI=1S/C26H40N4O5/c1-19(16-31)14-21(17-32)23-11-7-13-30(23)25(26(35)20-8-3-2-4-9-20)24(34)15-28-29-22(18-33)10-5-6-12-27/h2-4,7-9,13,18-19,21-23,25,28-29,31-32H,5-6,10-12,14-17,27H2,1H3/t19?,21?,22-,23?,25?/m1/s1.